The maximum absolute atomic E-state index is 12.8. The molecular weight excluding hydrogens is 306 g/mol. The van der Waals surface area contributed by atoms with Crippen LogP contribution in [-0.4, -0.2) is 10.8 Å². The number of ketones is 1. The standard InChI is InChI=1S/C23H15NO/c1-14-6-4-11-19-21(14)22-20(23(19)25)12-16(13-24-22)18-10-5-8-15-7-2-3-9-17(15)18/h2-13H,1H3. The van der Waals surface area contributed by atoms with Gasteiger partial charge in [-0.05, 0) is 34.9 Å². The highest BCUT2D eigenvalue weighted by Gasteiger charge is 2.29. The van der Waals surface area contributed by atoms with Crippen molar-refractivity contribution in [3.63, 3.8) is 0 Å². The molecule has 0 N–H and O–H groups in total. The van der Waals surface area contributed by atoms with Crippen molar-refractivity contribution in [2.75, 3.05) is 0 Å². The molecule has 0 spiro atoms. The lowest BCUT2D eigenvalue weighted by Gasteiger charge is -2.08. The number of rotatable bonds is 1. The Bertz CT molecular complexity index is 1170. The first kappa shape index (κ1) is 14.1. The molecule has 0 aliphatic heterocycles. The van der Waals surface area contributed by atoms with Crippen LogP contribution >= 0.6 is 0 Å². The quantitative estimate of drug-likeness (QED) is 0.412. The summed E-state index contributed by atoms with van der Waals surface area (Å²) in [7, 11) is 0. The zero-order valence-corrected chi connectivity index (χ0v) is 13.8. The predicted octanol–water partition coefficient (Wildman–Crippen LogP) is 5.42. The molecule has 0 bridgehead atoms. The van der Waals surface area contributed by atoms with E-state index in [-0.39, 0.29) is 5.78 Å². The van der Waals surface area contributed by atoms with Crippen LogP contribution < -0.4 is 0 Å². The summed E-state index contributed by atoms with van der Waals surface area (Å²) in [6, 6.07) is 22.4. The topological polar surface area (TPSA) is 30.0 Å². The van der Waals surface area contributed by atoms with Crippen LogP contribution in [0.25, 0.3) is 33.2 Å². The van der Waals surface area contributed by atoms with E-state index in [1.165, 1.54) is 10.8 Å². The van der Waals surface area contributed by atoms with Gasteiger partial charge in [0, 0.05) is 28.5 Å². The third kappa shape index (κ3) is 1.97. The molecule has 118 valence electrons. The Morgan fingerprint density at radius 2 is 1.56 bits per heavy atom. The molecule has 0 radical (unpaired) electrons. The number of benzene rings is 3. The maximum atomic E-state index is 12.8. The van der Waals surface area contributed by atoms with Crippen LogP contribution in [0.2, 0.25) is 0 Å². The molecule has 0 fully saturated rings. The monoisotopic (exact) mass is 321 g/mol. The van der Waals surface area contributed by atoms with E-state index in [2.05, 4.69) is 29.2 Å². The molecule has 0 atom stereocenters. The molecule has 1 aliphatic carbocycles. The zero-order valence-electron chi connectivity index (χ0n) is 13.8. The van der Waals surface area contributed by atoms with Crippen LogP contribution in [0.3, 0.4) is 0 Å². The van der Waals surface area contributed by atoms with Gasteiger partial charge in [0.1, 0.15) is 0 Å². The largest absolute Gasteiger partial charge is 0.289 e. The van der Waals surface area contributed by atoms with Gasteiger partial charge in [0.05, 0.1) is 5.69 Å². The second kappa shape index (κ2) is 5.12. The number of carbonyl (C=O) groups excluding carboxylic acids is 1. The third-order valence-corrected chi connectivity index (χ3v) is 4.99. The van der Waals surface area contributed by atoms with E-state index in [1.807, 2.05) is 55.6 Å². The van der Waals surface area contributed by atoms with Crippen LogP contribution in [0.5, 0.6) is 0 Å². The SMILES string of the molecule is Cc1cccc2c1-c1ncc(-c3cccc4ccccc34)cc1C2=O. The number of aryl methyl sites for hydroxylation is 1. The molecule has 5 rings (SSSR count). The van der Waals surface area contributed by atoms with Crippen molar-refractivity contribution >= 4 is 16.6 Å². The van der Waals surface area contributed by atoms with Crippen LogP contribution in [0.4, 0.5) is 0 Å². The maximum Gasteiger partial charge on any atom is 0.195 e. The summed E-state index contributed by atoms with van der Waals surface area (Å²) < 4.78 is 0. The molecule has 1 aromatic heterocycles. The average molecular weight is 321 g/mol. The van der Waals surface area contributed by atoms with Gasteiger partial charge in [0.2, 0.25) is 0 Å². The molecular formula is C23H15NO. The zero-order chi connectivity index (χ0) is 17.0. The number of hydrogen-bond donors (Lipinski definition) is 0. The first-order valence-electron chi connectivity index (χ1n) is 8.37. The number of carbonyl (C=O) groups is 1. The van der Waals surface area contributed by atoms with Crippen molar-refractivity contribution in [3.05, 3.63) is 89.6 Å². The first-order valence-corrected chi connectivity index (χ1v) is 8.37. The van der Waals surface area contributed by atoms with Crippen molar-refractivity contribution in [1.29, 1.82) is 0 Å². The molecule has 0 saturated carbocycles. The number of aromatic nitrogens is 1. The fourth-order valence-electron chi connectivity index (χ4n) is 3.78. The van der Waals surface area contributed by atoms with Crippen molar-refractivity contribution in [3.8, 4) is 22.4 Å². The van der Waals surface area contributed by atoms with Gasteiger partial charge in [-0.3, -0.25) is 9.78 Å². The number of hydrogen-bond acceptors (Lipinski definition) is 2. The smallest absolute Gasteiger partial charge is 0.195 e. The Labute approximate surface area is 145 Å². The lowest BCUT2D eigenvalue weighted by molar-refractivity contribution is 0.104. The molecule has 4 aromatic rings. The summed E-state index contributed by atoms with van der Waals surface area (Å²) in [6.45, 7) is 2.03. The van der Waals surface area contributed by atoms with Crippen LogP contribution in [0.1, 0.15) is 21.5 Å². The lowest BCUT2D eigenvalue weighted by atomic mass is 9.98. The minimum Gasteiger partial charge on any atom is -0.289 e. The first-order chi connectivity index (χ1) is 12.2. The molecule has 0 amide bonds. The van der Waals surface area contributed by atoms with Crippen molar-refractivity contribution in [2.24, 2.45) is 0 Å². The number of fused-ring (bicyclic) bond motifs is 4. The van der Waals surface area contributed by atoms with E-state index in [9.17, 15) is 4.79 Å². The highest BCUT2D eigenvalue weighted by Crippen LogP contribution is 2.39. The summed E-state index contributed by atoms with van der Waals surface area (Å²) in [4.78, 5) is 17.5. The lowest BCUT2D eigenvalue weighted by Crippen LogP contribution is -1.96. The van der Waals surface area contributed by atoms with Gasteiger partial charge in [-0.2, -0.15) is 0 Å². The predicted molar refractivity (Wildman–Crippen MR) is 101 cm³/mol. The summed E-state index contributed by atoms with van der Waals surface area (Å²) in [5.74, 6) is 0.0725. The second-order valence-electron chi connectivity index (χ2n) is 6.47. The Morgan fingerprint density at radius 1 is 0.800 bits per heavy atom. The van der Waals surface area contributed by atoms with Gasteiger partial charge in [-0.1, -0.05) is 60.7 Å². The Balaban J connectivity index is 1.75. The van der Waals surface area contributed by atoms with Crippen molar-refractivity contribution in [1.82, 2.24) is 4.98 Å². The van der Waals surface area contributed by atoms with Gasteiger partial charge < -0.3 is 0 Å². The second-order valence-corrected chi connectivity index (χ2v) is 6.47. The molecule has 2 heteroatoms. The van der Waals surface area contributed by atoms with Crippen LogP contribution in [0, 0.1) is 6.92 Å². The normalized spacial score (nSPS) is 12.3. The average Bonchev–Trinajstić information content (AvgIpc) is 2.94. The summed E-state index contributed by atoms with van der Waals surface area (Å²) in [5.41, 5.74) is 6.43. The minimum absolute atomic E-state index is 0.0725. The fraction of sp³-hybridized carbons (Fsp3) is 0.0435. The Hall–Kier alpha value is -3.26. The van der Waals surface area contributed by atoms with Gasteiger partial charge in [-0.25, -0.2) is 0 Å². The molecule has 2 nitrogen and oxygen atoms in total. The number of pyridine rings is 1. The Morgan fingerprint density at radius 3 is 2.48 bits per heavy atom. The summed E-state index contributed by atoms with van der Waals surface area (Å²) >= 11 is 0. The highest BCUT2D eigenvalue weighted by atomic mass is 16.1. The van der Waals surface area contributed by atoms with E-state index >= 15 is 0 Å². The Kier molecular flexibility index (Phi) is 2.89. The molecule has 3 aromatic carbocycles. The molecule has 0 saturated heterocycles. The van der Waals surface area contributed by atoms with Gasteiger partial charge in [-0.15, -0.1) is 0 Å². The third-order valence-electron chi connectivity index (χ3n) is 4.99. The summed E-state index contributed by atoms with van der Waals surface area (Å²) in [6.07, 6.45) is 1.88. The van der Waals surface area contributed by atoms with E-state index < -0.39 is 0 Å². The van der Waals surface area contributed by atoms with Crippen molar-refractivity contribution < 1.29 is 4.79 Å². The van der Waals surface area contributed by atoms with Crippen molar-refractivity contribution in [2.45, 2.75) is 6.92 Å². The van der Waals surface area contributed by atoms with E-state index in [0.717, 1.165) is 33.5 Å². The summed E-state index contributed by atoms with van der Waals surface area (Å²) in [5, 5.41) is 2.36. The van der Waals surface area contributed by atoms with Gasteiger partial charge in [0.25, 0.3) is 0 Å². The van der Waals surface area contributed by atoms with Crippen LogP contribution in [-0.2, 0) is 0 Å². The van der Waals surface area contributed by atoms with E-state index in [0.29, 0.717) is 5.56 Å². The van der Waals surface area contributed by atoms with Gasteiger partial charge in [0.15, 0.2) is 5.78 Å². The molecule has 1 aliphatic rings. The van der Waals surface area contributed by atoms with Crippen LogP contribution in [0.15, 0.2) is 72.9 Å². The fourth-order valence-corrected chi connectivity index (χ4v) is 3.78. The molecule has 25 heavy (non-hydrogen) atoms. The van der Waals surface area contributed by atoms with E-state index in [4.69, 9.17) is 0 Å². The molecule has 1 heterocycles. The highest BCUT2D eigenvalue weighted by molar-refractivity contribution is 6.22. The number of nitrogens with zero attached hydrogens (tertiary/aromatic N) is 1. The van der Waals surface area contributed by atoms with E-state index in [1.54, 1.807) is 0 Å². The molecule has 0 unspecified atom stereocenters. The minimum atomic E-state index is 0.0725. The van der Waals surface area contributed by atoms with Gasteiger partial charge >= 0.3 is 0 Å².